The molecule has 1 atom stereocenters. The van der Waals surface area contributed by atoms with Gasteiger partial charge in [0, 0.05) is 6.20 Å². The van der Waals surface area contributed by atoms with Crippen LogP contribution in [0.25, 0.3) is 5.69 Å². The zero-order valence-corrected chi connectivity index (χ0v) is 10.5. The summed E-state index contributed by atoms with van der Waals surface area (Å²) in [6.07, 6.45) is 1.54. The Morgan fingerprint density at radius 2 is 1.71 bits per heavy atom. The maximum absolute atomic E-state index is 9.44. The monoisotopic (exact) mass is 230 g/mol. The van der Waals surface area contributed by atoms with Gasteiger partial charge in [-0.2, -0.15) is 5.10 Å². The number of hydrogen-bond acceptors (Lipinski definition) is 2. The lowest BCUT2D eigenvalue weighted by Gasteiger charge is -2.06. The van der Waals surface area contributed by atoms with E-state index in [2.05, 4.69) is 18.9 Å². The van der Waals surface area contributed by atoms with Crippen LogP contribution in [0.3, 0.4) is 0 Å². The van der Waals surface area contributed by atoms with Crippen molar-refractivity contribution in [2.75, 3.05) is 0 Å². The maximum Gasteiger partial charge on any atom is 0.0761 e. The van der Waals surface area contributed by atoms with Crippen LogP contribution >= 0.6 is 0 Å². The van der Waals surface area contributed by atoms with Gasteiger partial charge in [-0.05, 0) is 36.6 Å². The molecule has 90 valence electrons. The largest absolute Gasteiger partial charge is 0.389 e. The molecular weight excluding hydrogens is 212 g/mol. The minimum absolute atomic E-state index is 0.423. The van der Waals surface area contributed by atoms with Crippen molar-refractivity contribution in [1.82, 2.24) is 9.78 Å². The number of rotatable bonds is 3. The predicted octanol–water partition coefficient (Wildman–Crippen LogP) is 3.05. The fourth-order valence-corrected chi connectivity index (χ4v) is 1.70. The lowest BCUT2D eigenvalue weighted by atomic mass is 10.1. The Bertz CT molecular complexity index is 483. The van der Waals surface area contributed by atoms with E-state index in [1.54, 1.807) is 6.92 Å². The van der Waals surface area contributed by atoms with E-state index in [0.717, 1.165) is 16.9 Å². The van der Waals surface area contributed by atoms with Gasteiger partial charge in [0.25, 0.3) is 0 Å². The quantitative estimate of drug-likeness (QED) is 0.880. The van der Waals surface area contributed by atoms with Gasteiger partial charge in [0.05, 0.1) is 17.5 Å². The van der Waals surface area contributed by atoms with Gasteiger partial charge in [0.1, 0.15) is 0 Å². The molecule has 17 heavy (non-hydrogen) atoms. The summed E-state index contributed by atoms with van der Waals surface area (Å²) < 4.78 is 1.86. The summed E-state index contributed by atoms with van der Waals surface area (Å²) in [5.41, 5.74) is 3.02. The van der Waals surface area contributed by atoms with Crippen molar-refractivity contribution in [2.45, 2.75) is 32.8 Å². The first-order valence-electron chi connectivity index (χ1n) is 5.92. The van der Waals surface area contributed by atoms with Gasteiger partial charge >= 0.3 is 0 Å². The molecular formula is C14H18N2O. The van der Waals surface area contributed by atoms with E-state index in [1.807, 2.05) is 41.2 Å². The van der Waals surface area contributed by atoms with Gasteiger partial charge in [0.2, 0.25) is 0 Å². The summed E-state index contributed by atoms with van der Waals surface area (Å²) in [6, 6.07) is 9.83. The minimum atomic E-state index is -0.423. The average Bonchev–Trinajstić information content (AvgIpc) is 2.78. The second-order valence-corrected chi connectivity index (χ2v) is 4.61. The second-order valence-electron chi connectivity index (χ2n) is 4.61. The highest BCUT2D eigenvalue weighted by atomic mass is 16.3. The highest BCUT2D eigenvalue weighted by molar-refractivity contribution is 5.34. The van der Waals surface area contributed by atoms with Crippen molar-refractivity contribution in [3.8, 4) is 5.69 Å². The van der Waals surface area contributed by atoms with Crippen LogP contribution in [0.2, 0.25) is 0 Å². The third-order valence-electron chi connectivity index (χ3n) is 2.84. The number of aliphatic hydroxyl groups excluding tert-OH is 1. The van der Waals surface area contributed by atoms with Gasteiger partial charge in [-0.1, -0.05) is 26.0 Å². The smallest absolute Gasteiger partial charge is 0.0761 e. The van der Waals surface area contributed by atoms with Crippen molar-refractivity contribution in [3.63, 3.8) is 0 Å². The third-order valence-corrected chi connectivity index (χ3v) is 2.84. The normalized spacial score (nSPS) is 13.0. The van der Waals surface area contributed by atoms with Crippen LogP contribution < -0.4 is 0 Å². The molecule has 0 amide bonds. The lowest BCUT2D eigenvalue weighted by Crippen LogP contribution is -1.98. The number of aliphatic hydroxyl groups is 1. The SMILES string of the molecule is CC(C)c1ccn(-c2ccc([C@@H](C)O)cc2)n1. The Morgan fingerprint density at radius 3 is 2.18 bits per heavy atom. The molecule has 1 aromatic heterocycles. The molecule has 0 aliphatic rings. The van der Waals surface area contributed by atoms with E-state index in [0.29, 0.717) is 5.92 Å². The topological polar surface area (TPSA) is 38.0 Å². The number of benzene rings is 1. The molecule has 3 nitrogen and oxygen atoms in total. The minimum Gasteiger partial charge on any atom is -0.389 e. The summed E-state index contributed by atoms with van der Waals surface area (Å²) in [5, 5.41) is 13.9. The van der Waals surface area contributed by atoms with Crippen LogP contribution in [-0.4, -0.2) is 14.9 Å². The first-order valence-corrected chi connectivity index (χ1v) is 5.92. The maximum atomic E-state index is 9.44. The fourth-order valence-electron chi connectivity index (χ4n) is 1.70. The molecule has 0 aliphatic carbocycles. The van der Waals surface area contributed by atoms with Gasteiger partial charge in [0.15, 0.2) is 0 Å². The zero-order chi connectivity index (χ0) is 12.4. The van der Waals surface area contributed by atoms with Crippen molar-refractivity contribution in [2.24, 2.45) is 0 Å². The van der Waals surface area contributed by atoms with Crippen LogP contribution in [0.15, 0.2) is 36.5 Å². The molecule has 0 spiro atoms. The Hall–Kier alpha value is -1.61. The van der Waals surface area contributed by atoms with Gasteiger partial charge in [-0.25, -0.2) is 4.68 Å². The van der Waals surface area contributed by atoms with Crippen molar-refractivity contribution >= 4 is 0 Å². The molecule has 1 heterocycles. The first-order chi connectivity index (χ1) is 8.08. The molecule has 2 rings (SSSR count). The molecule has 0 aliphatic heterocycles. The number of nitrogens with zero attached hydrogens (tertiary/aromatic N) is 2. The van der Waals surface area contributed by atoms with Gasteiger partial charge in [-0.15, -0.1) is 0 Å². The van der Waals surface area contributed by atoms with E-state index >= 15 is 0 Å². The Morgan fingerprint density at radius 1 is 1.06 bits per heavy atom. The van der Waals surface area contributed by atoms with Crippen LogP contribution in [0, 0.1) is 0 Å². The van der Waals surface area contributed by atoms with Crippen LogP contribution in [0.5, 0.6) is 0 Å². The average molecular weight is 230 g/mol. The second kappa shape index (κ2) is 4.72. The van der Waals surface area contributed by atoms with Crippen LogP contribution in [-0.2, 0) is 0 Å². The lowest BCUT2D eigenvalue weighted by molar-refractivity contribution is 0.199. The summed E-state index contributed by atoms with van der Waals surface area (Å²) >= 11 is 0. The number of hydrogen-bond donors (Lipinski definition) is 1. The van der Waals surface area contributed by atoms with Gasteiger partial charge < -0.3 is 5.11 Å². The number of aromatic nitrogens is 2. The van der Waals surface area contributed by atoms with E-state index in [-0.39, 0.29) is 0 Å². The standard InChI is InChI=1S/C14H18N2O/c1-10(2)14-8-9-16(15-14)13-6-4-12(5-7-13)11(3)17/h4-11,17H,1-3H3/t11-/m1/s1. The van der Waals surface area contributed by atoms with E-state index < -0.39 is 6.10 Å². The molecule has 0 bridgehead atoms. The molecule has 0 radical (unpaired) electrons. The third kappa shape index (κ3) is 2.56. The molecule has 0 unspecified atom stereocenters. The first kappa shape index (κ1) is 11.9. The van der Waals surface area contributed by atoms with Crippen molar-refractivity contribution in [3.05, 3.63) is 47.8 Å². The van der Waals surface area contributed by atoms with E-state index in [1.165, 1.54) is 0 Å². The summed E-state index contributed by atoms with van der Waals surface area (Å²) in [5.74, 6) is 0.438. The highest BCUT2D eigenvalue weighted by Crippen LogP contribution is 2.17. The molecule has 0 fully saturated rings. The van der Waals surface area contributed by atoms with Crippen LogP contribution in [0.1, 0.15) is 44.1 Å². The van der Waals surface area contributed by atoms with Gasteiger partial charge in [-0.3, -0.25) is 0 Å². The molecule has 1 aromatic carbocycles. The predicted molar refractivity (Wildman–Crippen MR) is 68.3 cm³/mol. The molecule has 3 heteroatoms. The molecule has 0 saturated carbocycles. The van der Waals surface area contributed by atoms with Crippen molar-refractivity contribution < 1.29 is 5.11 Å². The molecule has 1 N–H and O–H groups in total. The molecule has 2 aromatic rings. The summed E-state index contributed by atoms with van der Waals surface area (Å²) in [6.45, 7) is 6.02. The highest BCUT2D eigenvalue weighted by Gasteiger charge is 2.05. The summed E-state index contributed by atoms with van der Waals surface area (Å²) in [4.78, 5) is 0. The van der Waals surface area contributed by atoms with E-state index in [9.17, 15) is 5.11 Å². The zero-order valence-electron chi connectivity index (χ0n) is 10.5. The fraction of sp³-hybridized carbons (Fsp3) is 0.357. The van der Waals surface area contributed by atoms with E-state index in [4.69, 9.17) is 0 Å². The Kier molecular flexibility index (Phi) is 3.29. The van der Waals surface area contributed by atoms with Crippen molar-refractivity contribution in [1.29, 1.82) is 0 Å². The Labute approximate surface area is 102 Å². The summed E-state index contributed by atoms with van der Waals surface area (Å²) in [7, 11) is 0. The van der Waals surface area contributed by atoms with Crippen LogP contribution in [0.4, 0.5) is 0 Å². The molecule has 0 saturated heterocycles. The Balaban J connectivity index is 2.27.